The van der Waals surface area contributed by atoms with Crippen LogP contribution < -0.4 is 5.43 Å². The highest BCUT2D eigenvalue weighted by molar-refractivity contribution is 6.21. The van der Waals surface area contributed by atoms with Crippen LogP contribution in [0.25, 0.3) is 21.5 Å². The molecule has 0 saturated carbocycles. The molecule has 0 bridgehead atoms. The van der Waals surface area contributed by atoms with Gasteiger partial charge in [-0.25, -0.2) is 0 Å². The van der Waals surface area contributed by atoms with Gasteiger partial charge >= 0.3 is 0 Å². The Morgan fingerprint density at radius 2 is 1.69 bits per heavy atom. The molecule has 0 aromatic heterocycles. The largest absolute Gasteiger partial charge is 0.289 e. The molecule has 0 spiro atoms. The van der Waals surface area contributed by atoms with Gasteiger partial charge in [0.05, 0.1) is 0 Å². The predicted molar refractivity (Wildman–Crippen MR) is 52.9 cm³/mol. The lowest BCUT2D eigenvalue weighted by atomic mass is 10.1. The number of rotatable bonds is 0. The van der Waals surface area contributed by atoms with Crippen LogP contribution in [0.15, 0.2) is 29.1 Å². The number of hydrogen-bond acceptors (Lipinski definition) is 1. The van der Waals surface area contributed by atoms with Crippen LogP contribution in [0.2, 0.25) is 0 Å². The van der Waals surface area contributed by atoms with Crippen LogP contribution in [0.3, 0.4) is 0 Å². The fraction of sp³-hybridized carbons (Fsp3) is 0.0833. The molecule has 0 heterocycles. The van der Waals surface area contributed by atoms with Crippen LogP contribution in [0, 0.1) is 0 Å². The summed E-state index contributed by atoms with van der Waals surface area (Å²) >= 11 is 0. The molecule has 13 heavy (non-hydrogen) atoms. The van der Waals surface area contributed by atoms with Crippen LogP contribution in [0.1, 0.15) is 11.1 Å². The molecule has 0 fully saturated rings. The van der Waals surface area contributed by atoms with Crippen molar-refractivity contribution in [1.29, 1.82) is 0 Å². The third kappa shape index (κ3) is 0.520. The average molecular weight is 166 g/mol. The number of benzene rings is 2. The second kappa shape index (κ2) is 1.53. The van der Waals surface area contributed by atoms with E-state index in [9.17, 15) is 4.79 Å². The maximum absolute atomic E-state index is 11.4. The van der Waals surface area contributed by atoms with Gasteiger partial charge in [-0.2, -0.15) is 0 Å². The van der Waals surface area contributed by atoms with Crippen molar-refractivity contribution in [2.24, 2.45) is 0 Å². The minimum atomic E-state index is 0.287. The topological polar surface area (TPSA) is 17.1 Å². The van der Waals surface area contributed by atoms with Crippen LogP contribution in [-0.4, -0.2) is 0 Å². The molecule has 0 saturated heterocycles. The van der Waals surface area contributed by atoms with E-state index in [2.05, 4.69) is 12.1 Å². The maximum atomic E-state index is 11.4. The van der Waals surface area contributed by atoms with Gasteiger partial charge in [-0.1, -0.05) is 24.3 Å². The van der Waals surface area contributed by atoms with Crippen molar-refractivity contribution in [2.45, 2.75) is 6.42 Å². The maximum Gasteiger partial charge on any atom is 0.195 e. The zero-order valence-electron chi connectivity index (χ0n) is 6.92. The first-order valence-electron chi connectivity index (χ1n) is 4.49. The van der Waals surface area contributed by atoms with E-state index in [0.717, 1.165) is 17.2 Å². The van der Waals surface area contributed by atoms with Crippen molar-refractivity contribution in [2.75, 3.05) is 0 Å². The zero-order valence-corrected chi connectivity index (χ0v) is 6.92. The van der Waals surface area contributed by atoms with Crippen molar-refractivity contribution in [1.82, 2.24) is 0 Å². The van der Waals surface area contributed by atoms with Gasteiger partial charge in [0, 0.05) is 10.8 Å². The molecule has 1 aliphatic rings. The Kier molecular flexibility index (Phi) is 0.698. The van der Waals surface area contributed by atoms with Gasteiger partial charge in [0.15, 0.2) is 5.43 Å². The van der Waals surface area contributed by atoms with E-state index in [-0.39, 0.29) is 5.43 Å². The Balaban J connectivity index is 2.46. The van der Waals surface area contributed by atoms with Crippen molar-refractivity contribution in [3.63, 3.8) is 0 Å². The Morgan fingerprint density at radius 1 is 0.923 bits per heavy atom. The SMILES string of the molecule is O=c1c2c3c(c4ccccc4c12)C3. The molecular weight excluding hydrogens is 160 g/mol. The van der Waals surface area contributed by atoms with E-state index >= 15 is 0 Å². The standard InChI is InChI=1S/C12H6O/c13-12-10-7-4-2-1-3-6(7)8-5-9(8)11(10)12/h1-4H,5H2. The van der Waals surface area contributed by atoms with Gasteiger partial charge in [0.25, 0.3) is 0 Å². The summed E-state index contributed by atoms with van der Waals surface area (Å²) in [5.74, 6) is 0. The molecule has 0 aliphatic heterocycles. The van der Waals surface area contributed by atoms with E-state index in [1.165, 1.54) is 21.9 Å². The molecule has 0 radical (unpaired) electrons. The lowest BCUT2D eigenvalue weighted by molar-refractivity contribution is 1.63. The van der Waals surface area contributed by atoms with Crippen molar-refractivity contribution in [3.05, 3.63) is 45.6 Å². The Bertz CT molecular complexity index is 682. The molecule has 3 aromatic rings. The van der Waals surface area contributed by atoms with E-state index in [1.54, 1.807) is 0 Å². The molecular formula is C12H6O. The second-order valence-corrected chi connectivity index (χ2v) is 3.76. The molecule has 0 amide bonds. The van der Waals surface area contributed by atoms with E-state index in [1.807, 2.05) is 12.1 Å². The van der Waals surface area contributed by atoms with E-state index < -0.39 is 0 Å². The van der Waals surface area contributed by atoms with Gasteiger partial charge in [0.1, 0.15) is 0 Å². The second-order valence-electron chi connectivity index (χ2n) is 3.76. The van der Waals surface area contributed by atoms with Crippen LogP contribution >= 0.6 is 0 Å². The van der Waals surface area contributed by atoms with Crippen LogP contribution in [0.5, 0.6) is 0 Å². The summed E-state index contributed by atoms with van der Waals surface area (Å²) in [6.45, 7) is 0. The highest BCUT2D eigenvalue weighted by Crippen LogP contribution is 2.43. The summed E-state index contributed by atoms with van der Waals surface area (Å²) in [6, 6.07) is 8.22. The van der Waals surface area contributed by atoms with Crippen molar-refractivity contribution >= 4 is 21.5 Å². The van der Waals surface area contributed by atoms with Gasteiger partial charge in [-0.15, -0.1) is 0 Å². The molecule has 1 heteroatoms. The molecule has 1 aliphatic carbocycles. The lowest BCUT2D eigenvalue weighted by Crippen LogP contribution is -1.71. The summed E-state index contributed by atoms with van der Waals surface area (Å²) in [6.07, 6.45) is 1.04. The van der Waals surface area contributed by atoms with Crippen molar-refractivity contribution in [3.8, 4) is 0 Å². The fourth-order valence-corrected chi connectivity index (χ4v) is 2.31. The molecule has 1 nitrogen and oxygen atoms in total. The quantitative estimate of drug-likeness (QED) is 0.391. The molecule has 0 N–H and O–H groups in total. The summed E-state index contributed by atoms with van der Waals surface area (Å²) in [5, 5.41) is 4.49. The lowest BCUT2D eigenvalue weighted by Gasteiger charge is -1.91. The van der Waals surface area contributed by atoms with Gasteiger partial charge in [-0.3, -0.25) is 4.79 Å². The predicted octanol–water partition coefficient (Wildman–Crippen LogP) is 2.13. The third-order valence-corrected chi connectivity index (χ3v) is 3.06. The minimum Gasteiger partial charge on any atom is -0.289 e. The van der Waals surface area contributed by atoms with E-state index in [4.69, 9.17) is 0 Å². The minimum absolute atomic E-state index is 0.287. The monoisotopic (exact) mass is 166 g/mol. The molecule has 3 aromatic carbocycles. The summed E-state index contributed by atoms with van der Waals surface area (Å²) in [5.41, 5.74) is 3.01. The van der Waals surface area contributed by atoms with Gasteiger partial charge in [0.2, 0.25) is 0 Å². The molecule has 60 valence electrons. The molecule has 0 atom stereocenters. The van der Waals surface area contributed by atoms with Crippen LogP contribution in [0.4, 0.5) is 0 Å². The Hall–Kier alpha value is -1.63. The van der Waals surface area contributed by atoms with Crippen LogP contribution in [-0.2, 0) is 6.42 Å². The smallest absolute Gasteiger partial charge is 0.195 e. The highest BCUT2D eigenvalue weighted by Gasteiger charge is 2.31. The fourth-order valence-electron chi connectivity index (χ4n) is 2.31. The summed E-state index contributed by atoms with van der Waals surface area (Å²) in [7, 11) is 0. The Labute approximate surface area is 74.3 Å². The molecule has 0 unspecified atom stereocenters. The number of hydrogen-bond donors (Lipinski definition) is 0. The first kappa shape index (κ1) is 5.92. The van der Waals surface area contributed by atoms with Gasteiger partial charge < -0.3 is 0 Å². The third-order valence-electron chi connectivity index (χ3n) is 3.06. The normalized spacial score (nSPS) is 14.2. The van der Waals surface area contributed by atoms with E-state index in [0.29, 0.717) is 0 Å². The highest BCUT2D eigenvalue weighted by atomic mass is 16.1. The first-order valence-corrected chi connectivity index (χ1v) is 4.49. The Morgan fingerprint density at radius 3 is 2.54 bits per heavy atom. The summed E-state index contributed by atoms with van der Waals surface area (Å²) in [4.78, 5) is 11.4. The molecule has 4 rings (SSSR count). The summed E-state index contributed by atoms with van der Waals surface area (Å²) < 4.78 is 0. The average Bonchev–Trinajstić information content (AvgIpc) is 3.00. The van der Waals surface area contributed by atoms with Crippen molar-refractivity contribution < 1.29 is 0 Å². The first-order chi connectivity index (χ1) is 6.38. The number of fused-ring (bicyclic) bond motifs is 6. The van der Waals surface area contributed by atoms with Gasteiger partial charge in [-0.05, 0) is 28.3 Å². The zero-order chi connectivity index (χ0) is 8.58.